The fourth-order valence-corrected chi connectivity index (χ4v) is 1.75. The van der Waals surface area contributed by atoms with Crippen LogP contribution in [0.3, 0.4) is 0 Å². The first-order valence-electron chi connectivity index (χ1n) is 3.83. The Balaban J connectivity index is 2.41. The minimum Gasteiger partial charge on any atom is -0.303 e. The molecule has 1 saturated carbocycles. The molecule has 1 aliphatic carbocycles. The van der Waals surface area contributed by atoms with Gasteiger partial charge in [-0.2, -0.15) is 0 Å². The standard InChI is InChI=1S/C8H14O/c1-2-7-4-3-5-8(7)6-9/h6-8H,2-5H2,1H3/t7-,8-/m1/s1. The van der Waals surface area contributed by atoms with Gasteiger partial charge in [0.05, 0.1) is 0 Å². The molecule has 1 aliphatic rings. The summed E-state index contributed by atoms with van der Waals surface area (Å²) in [6.07, 6.45) is 6.01. The summed E-state index contributed by atoms with van der Waals surface area (Å²) in [5, 5.41) is 0. The quantitative estimate of drug-likeness (QED) is 0.517. The molecule has 0 bridgehead atoms. The van der Waals surface area contributed by atoms with Crippen molar-refractivity contribution in [2.45, 2.75) is 32.6 Å². The van der Waals surface area contributed by atoms with E-state index >= 15 is 0 Å². The average molecular weight is 126 g/mol. The molecule has 0 radical (unpaired) electrons. The van der Waals surface area contributed by atoms with Gasteiger partial charge in [-0.25, -0.2) is 0 Å². The first-order chi connectivity index (χ1) is 4.38. The maximum atomic E-state index is 10.4. The van der Waals surface area contributed by atoms with Gasteiger partial charge in [-0.15, -0.1) is 0 Å². The Bertz CT molecular complexity index is 98.7. The van der Waals surface area contributed by atoms with Gasteiger partial charge in [-0.3, -0.25) is 0 Å². The summed E-state index contributed by atoms with van der Waals surface area (Å²) < 4.78 is 0. The van der Waals surface area contributed by atoms with Crippen molar-refractivity contribution in [2.75, 3.05) is 0 Å². The van der Waals surface area contributed by atoms with Gasteiger partial charge in [-0.05, 0) is 18.8 Å². The molecule has 1 nitrogen and oxygen atoms in total. The molecule has 0 aromatic carbocycles. The monoisotopic (exact) mass is 126 g/mol. The van der Waals surface area contributed by atoms with E-state index in [9.17, 15) is 4.79 Å². The highest BCUT2D eigenvalue weighted by atomic mass is 16.1. The summed E-state index contributed by atoms with van der Waals surface area (Å²) in [5.74, 6) is 1.11. The van der Waals surface area contributed by atoms with Crippen LogP contribution in [0, 0.1) is 11.8 Å². The third-order valence-corrected chi connectivity index (χ3v) is 2.42. The smallest absolute Gasteiger partial charge is 0.123 e. The van der Waals surface area contributed by atoms with Crippen molar-refractivity contribution in [3.63, 3.8) is 0 Å². The predicted octanol–water partition coefficient (Wildman–Crippen LogP) is 2.01. The largest absolute Gasteiger partial charge is 0.303 e. The highest BCUT2D eigenvalue weighted by molar-refractivity contribution is 5.54. The fraction of sp³-hybridized carbons (Fsp3) is 0.875. The molecule has 1 rings (SSSR count). The van der Waals surface area contributed by atoms with Crippen molar-refractivity contribution in [3.8, 4) is 0 Å². The molecule has 0 aromatic rings. The number of hydrogen-bond acceptors (Lipinski definition) is 1. The second-order valence-electron chi connectivity index (χ2n) is 2.90. The van der Waals surface area contributed by atoms with E-state index in [1.165, 1.54) is 19.3 Å². The molecule has 0 aromatic heterocycles. The van der Waals surface area contributed by atoms with E-state index in [1.807, 2.05) is 0 Å². The summed E-state index contributed by atoms with van der Waals surface area (Å²) in [6, 6.07) is 0. The SMILES string of the molecule is CC[C@@H]1CCC[C@@H]1C=O. The summed E-state index contributed by atoms with van der Waals surface area (Å²) >= 11 is 0. The first-order valence-corrected chi connectivity index (χ1v) is 3.83. The molecule has 1 fully saturated rings. The molecule has 9 heavy (non-hydrogen) atoms. The number of rotatable bonds is 2. The van der Waals surface area contributed by atoms with Crippen LogP contribution in [0.4, 0.5) is 0 Å². The Morgan fingerprint density at radius 1 is 1.56 bits per heavy atom. The van der Waals surface area contributed by atoms with E-state index in [1.54, 1.807) is 0 Å². The fourth-order valence-electron chi connectivity index (χ4n) is 1.75. The van der Waals surface area contributed by atoms with Gasteiger partial charge in [0.2, 0.25) is 0 Å². The van der Waals surface area contributed by atoms with Gasteiger partial charge >= 0.3 is 0 Å². The van der Waals surface area contributed by atoms with Gasteiger partial charge in [0.15, 0.2) is 0 Å². The maximum absolute atomic E-state index is 10.4. The van der Waals surface area contributed by atoms with E-state index in [2.05, 4.69) is 6.92 Å². The molecular formula is C8H14O. The Morgan fingerprint density at radius 2 is 2.33 bits per heavy atom. The lowest BCUT2D eigenvalue weighted by atomic mass is 9.95. The highest BCUT2D eigenvalue weighted by Gasteiger charge is 2.24. The summed E-state index contributed by atoms with van der Waals surface area (Å²) in [7, 11) is 0. The molecule has 0 N–H and O–H groups in total. The number of aldehydes is 1. The Hall–Kier alpha value is -0.330. The van der Waals surface area contributed by atoms with Crippen molar-refractivity contribution >= 4 is 6.29 Å². The molecule has 52 valence electrons. The molecule has 0 aliphatic heterocycles. The summed E-state index contributed by atoms with van der Waals surface area (Å²) in [5.41, 5.74) is 0. The molecule has 0 spiro atoms. The van der Waals surface area contributed by atoms with E-state index in [-0.39, 0.29) is 0 Å². The molecule has 0 heterocycles. The molecule has 0 saturated heterocycles. The Labute approximate surface area is 56.4 Å². The zero-order chi connectivity index (χ0) is 6.69. The van der Waals surface area contributed by atoms with Crippen molar-refractivity contribution in [3.05, 3.63) is 0 Å². The minimum absolute atomic E-state index is 0.398. The van der Waals surface area contributed by atoms with Crippen molar-refractivity contribution in [2.24, 2.45) is 11.8 Å². The van der Waals surface area contributed by atoms with E-state index < -0.39 is 0 Å². The maximum Gasteiger partial charge on any atom is 0.123 e. The van der Waals surface area contributed by atoms with Crippen LogP contribution < -0.4 is 0 Å². The number of carbonyl (C=O) groups excluding carboxylic acids is 1. The van der Waals surface area contributed by atoms with E-state index in [0.29, 0.717) is 11.8 Å². The van der Waals surface area contributed by atoms with Crippen LogP contribution in [0.1, 0.15) is 32.6 Å². The van der Waals surface area contributed by atoms with E-state index in [0.717, 1.165) is 12.7 Å². The summed E-state index contributed by atoms with van der Waals surface area (Å²) in [6.45, 7) is 2.17. The lowest BCUT2D eigenvalue weighted by Crippen LogP contribution is -2.06. The molecule has 0 amide bonds. The van der Waals surface area contributed by atoms with E-state index in [4.69, 9.17) is 0 Å². The molecule has 1 heteroatoms. The van der Waals surface area contributed by atoms with Gasteiger partial charge in [-0.1, -0.05) is 19.8 Å². The van der Waals surface area contributed by atoms with Crippen LogP contribution in [-0.2, 0) is 4.79 Å². The molecule has 2 atom stereocenters. The number of hydrogen-bond donors (Lipinski definition) is 0. The Kier molecular flexibility index (Phi) is 2.26. The second kappa shape index (κ2) is 3.00. The van der Waals surface area contributed by atoms with Crippen LogP contribution in [0.25, 0.3) is 0 Å². The van der Waals surface area contributed by atoms with Crippen LogP contribution in [0.2, 0.25) is 0 Å². The van der Waals surface area contributed by atoms with Gasteiger partial charge in [0.25, 0.3) is 0 Å². The highest BCUT2D eigenvalue weighted by Crippen LogP contribution is 2.31. The lowest BCUT2D eigenvalue weighted by molar-refractivity contribution is -0.112. The van der Waals surface area contributed by atoms with Crippen LogP contribution >= 0.6 is 0 Å². The molecule has 0 unspecified atom stereocenters. The zero-order valence-corrected chi connectivity index (χ0v) is 5.97. The van der Waals surface area contributed by atoms with Crippen LogP contribution in [0.5, 0.6) is 0 Å². The predicted molar refractivity (Wildman–Crippen MR) is 37.2 cm³/mol. The Morgan fingerprint density at radius 3 is 2.78 bits per heavy atom. The summed E-state index contributed by atoms with van der Waals surface area (Å²) in [4.78, 5) is 10.4. The van der Waals surface area contributed by atoms with Crippen molar-refractivity contribution in [1.29, 1.82) is 0 Å². The van der Waals surface area contributed by atoms with Crippen molar-refractivity contribution < 1.29 is 4.79 Å². The lowest BCUT2D eigenvalue weighted by Gasteiger charge is -2.09. The van der Waals surface area contributed by atoms with Gasteiger partial charge in [0, 0.05) is 5.92 Å². The van der Waals surface area contributed by atoms with Crippen LogP contribution in [-0.4, -0.2) is 6.29 Å². The third-order valence-electron chi connectivity index (χ3n) is 2.42. The normalized spacial score (nSPS) is 34.8. The van der Waals surface area contributed by atoms with Crippen LogP contribution in [0.15, 0.2) is 0 Å². The van der Waals surface area contributed by atoms with Gasteiger partial charge < -0.3 is 4.79 Å². The second-order valence-corrected chi connectivity index (χ2v) is 2.90. The van der Waals surface area contributed by atoms with Crippen molar-refractivity contribution in [1.82, 2.24) is 0 Å². The third kappa shape index (κ3) is 1.32. The molecular weight excluding hydrogens is 112 g/mol. The zero-order valence-electron chi connectivity index (χ0n) is 5.97. The topological polar surface area (TPSA) is 17.1 Å². The number of carbonyl (C=O) groups is 1. The minimum atomic E-state index is 0.398. The average Bonchev–Trinajstić information content (AvgIpc) is 2.33. The first kappa shape index (κ1) is 6.79. The van der Waals surface area contributed by atoms with Gasteiger partial charge in [0.1, 0.15) is 6.29 Å².